The van der Waals surface area contributed by atoms with Crippen LogP contribution in [0, 0.1) is 17.0 Å². The number of carbonyl (C=O) groups is 1. The van der Waals surface area contributed by atoms with Crippen LogP contribution in [0.15, 0.2) is 48.5 Å². The number of ether oxygens (including phenoxy) is 2. The monoisotopic (exact) mass is 440 g/mol. The van der Waals surface area contributed by atoms with Crippen LogP contribution in [0.2, 0.25) is 0 Å². The molecule has 2 rings (SSSR count). The number of aryl methyl sites for hydroxylation is 1. The number of benzene rings is 2. The molecular weight excluding hydrogens is 408 g/mol. The molecule has 0 aromatic heterocycles. The molecule has 0 aliphatic rings. The van der Waals surface area contributed by atoms with Crippen molar-refractivity contribution in [3.63, 3.8) is 0 Å². The number of non-ortho nitro benzene ring substituents is 1. The van der Waals surface area contributed by atoms with E-state index in [0.29, 0.717) is 0 Å². The van der Waals surface area contributed by atoms with Gasteiger partial charge in [-0.1, -0.05) is 63.4 Å². The summed E-state index contributed by atoms with van der Waals surface area (Å²) < 4.78 is 9.87. The number of nitrogens with two attached hydrogens (primary N) is 1. The molecule has 168 valence electrons. The van der Waals surface area contributed by atoms with Gasteiger partial charge in [0.05, 0.1) is 4.92 Å². The summed E-state index contributed by atoms with van der Waals surface area (Å²) in [6.07, 6.45) is 2.88. The first kappa shape index (κ1) is 29.6. The minimum absolute atomic E-state index is 0. The van der Waals surface area contributed by atoms with Crippen molar-refractivity contribution in [3.8, 4) is 5.75 Å². The molecule has 0 amide bonds. The summed E-state index contributed by atoms with van der Waals surface area (Å²) in [5, 5.41) is 10.5. The Labute approximate surface area is 185 Å². The third kappa shape index (κ3) is 14.4. The fraction of sp³-hybridized carbons (Fsp3) is 0.409. The van der Waals surface area contributed by atoms with Crippen molar-refractivity contribution in [2.24, 2.45) is 5.73 Å². The number of hydrogen-bond acceptors (Lipinski definition) is 6. The highest BCUT2D eigenvalue weighted by molar-refractivity contribution is 5.85. The molecule has 2 aromatic rings. The fourth-order valence-electron chi connectivity index (χ4n) is 1.59. The molecule has 0 saturated heterocycles. The molecule has 30 heavy (non-hydrogen) atoms. The van der Waals surface area contributed by atoms with Gasteiger partial charge in [0.1, 0.15) is 12.4 Å². The van der Waals surface area contributed by atoms with Crippen LogP contribution in [-0.2, 0) is 11.3 Å². The van der Waals surface area contributed by atoms with Gasteiger partial charge in [0.15, 0.2) is 0 Å². The first-order valence-electron chi connectivity index (χ1n) is 9.72. The zero-order valence-corrected chi connectivity index (χ0v) is 18.9. The Morgan fingerprint density at radius 2 is 1.47 bits per heavy atom. The van der Waals surface area contributed by atoms with E-state index in [1.807, 2.05) is 31.2 Å². The van der Waals surface area contributed by atoms with Crippen molar-refractivity contribution in [2.75, 3.05) is 6.54 Å². The summed E-state index contributed by atoms with van der Waals surface area (Å²) in [6.45, 7) is 9.31. The lowest BCUT2D eigenvalue weighted by atomic mass is 10.2. The second-order valence-electron chi connectivity index (χ2n) is 6.17. The quantitative estimate of drug-likeness (QED) is 0.248. The topological polar surface area (TPSA) is 105 Å². The van der Waals surface area contributed by atoms with Crippen molar-refractivity contribution < 1.29 is 19.2 Å². The highest BCUT2D eigenvalue weighted by Gasteiger charge is 2.09. The predicted octanol–water partition coefficient (Wildman–Crippen LogP) is 6.20. The number of unbranched alkanes of at least 4 members (excludes halogenated alkanes) is 1. The van der Waals surface area contributed by atoms with Gasteiger partial charge in [-0.05, 0) is 37.6 Å². The molecule has 0 heterocycles. The third-order valence-electron chi connectivity index (χ3n) is 3.51. The molecule has 0 bridgehead atoms. The molecule has 0 fully saturated rings. The SMILES string of the molecule is CCCC.CCCN.Cc1ccc(COC(=O)Oc2ccc([N+](=O)[O-])cc2)cc1.Cl. The normalized spacial score (nSPS) is 8.97. The zero-order valence-electron chi connectivity index (χ0n) is 18.1. The molecule has 2 N–H and O–H groups in total. The maximum atomic E-state index is 11.5. The number of carbonyl (C=O) groups excluding carboxylic acids is 1. The molecule has 0 aliphatic carbocycles. The Morgan fingerprint density at radius 3 is 1.87 bits per heavy atom. The third-order valence-corrected chi connectivity index (χ3v) is 3.51. The maximum Gasteiger partial charge on any atom is 0.514 e. The van der Waals surface area contributed by atoms with E-state index in [2.05, 4.69) is 20.8 Å². The van der Waals surface area contributed by atoms with Crippen LogP contribution in [0.1, 0.15) is 51.2 Å². The average molecular weight is 441 g/mol. The van der Waals surface area contributed by atoms with Crippen LogP contribution < -0.4 is 10.5 Å². The van der Waals surface area contributed by atoms with Gasteiger partial charge in [0, 0.05) is 12.1 Å². The van der Waals surface area contributed by atoms with E-state index >= 15 is 0 Å². The van der Waals surface area contributed by atoms with E-state index in [-0.39, 0.29) is 30.5 Å². The lowest BCUT2D eigenvalue weighted by Gasteiger charge is -2.06. The number of nitrogens with zero attached hydrogens (tertiary/aromatic N) is 1. The van der Waals surface area contributed by atoms with Gasteiger partial charge >= 0.3 is 6.16 Å². The van der Waals surface area contributed by atoms with E-state index in [1.54, 1.807) is 0 Å². The first-order chi connectivity index (χ1) is 13.9. The molecule has 0 unspecified atom stereocenters. The lowest BCUT2D eigenvalue weighted by molar-refractivity contribution is -0.384. The largest absolute Gasteiger partial charge is 0.514 e. The lowest BCUT2D eigenvalue weighted by Crippen LogP contribution is -2.10. The van der Waals surface area contributed by atoms with Gasteiger partial charge in [0.2, 0.25) is 0 Å². The van der Waals surface area contributed by atoms with E-state index in [1.165, 1.54) is 37.1 Å². The van der Waals surface area contributed by atoms with Crippen LogP contribution >= 0.6 is 12.4 Å². The van der Waals surface area contributed by atoms with Gasteiger partial charge in [-0.15, -0.1) is 12.4 Å². The summed E-state index contributed by atoms with van der Waals surface area (Å²) >= 11 is 0. The molecule has 0 spiro atoms. The number of rotatable bonds is 6. The summed E-state index contributed by atoms with van der Waals surface area (Å²) in [6, 6.07) is 12.7. The van der Waals surface area contributed by atoms with Crippen molar-refractivity contribution in [1.82, 2.24) is 0 Å². The average Bonchev–Trinajstić information content (AvgIpc) is 2.74. The van der Waals surface area contributed by atoms with Crippen LogP contribution in [0.3, 0.4) is 0 Å². The van der Waals surface area contributed by atoms with Crippen molar-refractivity contribution in [1.29, 1.82) is 0 Å². The number of nitro benzene ring substituents is 1. The summed E-state index contributed by atoms with van der Waals surface area (Å²) in [4.78, 5) is 21.5. The Morgan fingerprint density at radius 1 is 0.967 bits per heavy atom. The standard InChI is InChI=1S/C15H13NO5.C4H10.C3H9N.ClH/c1-11-2-4-12(5-3-11)10-20-15(17)21-14-8-6-13(7-9-14)16(18)19;1-3-4-2;1-2-3-4;/h2-9H,10H2,1H3;3-4H2,1-2H3;2-4H2,1H3;1H. The van der Waals surface area contributed by atoms with Gasteiger partial charge in [-0.3, -0.25) is 10.1 Å². The summed E-state index contributed by atoms with van der Waals surface area (Å²) in [5.74, 6) is 0.189. The minimum Gasteiger partial charge on any atom is -0.429 e. The predicted molar refractivity (Wildman–Crippen MR) is 122 cm³/mol. The van der Waals surface area contributed by atoms with Crippen LogP contribution in [0.5, 0.6) is 5.75 Å². The highest BCUT2D eigenvalue weighted by atomic mass is 35.5. The van der Waals surface area contributed by atoms with Crippen LogP contribution in [0.4, 0.5) is 10.5 Å². The molecule has 7 nitrogen and oxygen atoms in total. The highest BCUT2D eigenvalue weighted by Crippen LogP contribution is 2.17. The molecule has 0 aliphatic heterocycles. The maximum absolute atomic E-state index is 11.5. The van der Waals surface area contributed by atoms with Gasteiger partial charge in [-0.25, -0.2) is 4.79 Å². The van der Waals surface area contributed by atoms with Crippen molar-refractivity contribution in [3.05, 3.63) is 69.8 Å². The smallest absolute Gasteiger partial charge is 0.429 e. The number of hydrogen-bond donors (Lipinski definition) is 1. The van der Waals surface area contributed by atoms with E-state index in [4.69, 9.17) is 15.2 Å². The number of nitro groups is 1. The second kappa shape index (κ2) is 18.4. The van der Waals surface area contributed by atoms with Gasteiger partial charge < -0.3 is 15.2 Å². The van der Waals surface area contributed by atoms with Crippen molar-refractivity contribution in [2.45, 2.75) is 53.6 Å². The van der Waals surface area contributed by atoms with E-state index < -0.39 is 11.1 Å². The fourth-order valence-corrected chi connectivity index (χ4v) is 1.59. The molecule has 0 saturated carbocycles. The Kier molecular flexibility index (Phi) is 18.1. The van der Waals surface area contributed by atoms with Gasteiger partial charge in [-0.2, -0.15) is 0 Å². The van der Waals surface area contributed by atoms with E-state index in [9.17, 15) is 14.9 Å². The van der Waals surface area contributed by atoms with Crippen molar-refractivity contribution >= 4 is 24.2 Å². The molecular formula is C22H33ClN2O5. The summed E-state index contributed by atoms with van der Waals surface area (Å²) in [7, 11) is 0. The summed E-state index contributed by atoms with van der Waals surface area (Å²) in [5.41, 5.74) is 6.92. The van der Waals surface area contributed by atoms with E-state index in [0.717, 1.165) is 24.1 Å². The molecule has 2 aromatic carbocycles. The van der Waals surface area contributed by atoms with Crippen LogP contribution in [-0.4, -0.2) is 17.6 Å². The first-order valence-corrected chi connectivity index (χ1v) is 9.72. The molecule has 8 heteroatoms. The molecule has 0 radical (unpaired) electrons. The number of halogens is 1. The Hall–Kier alpha value is -2.64. The Bertz CT molecular complexity index is 698. The molecule has 0 atom stereocenters. The minimum atomic E-state index is -0.857. The second-order valence-corrected chi connectivity index (χ2v) is 6.17. The van der Waals surface area contributed by atoms with Gasteiger partial charge in [0.25, 0.3) is 5.69 Å². The van der Waals surface area contributed by atoms with Crippen LogP contribution in [0.25, 0.3) is 0 Å². The zero-order chi connectivity index (χ0) is 22.1. The Balaban J connectivity index is 0.